The summed E-state index contributed by atoms with van der Waals surface area (Å²) >= 11 is 1.71. The lowest BCUT2D eigenvalue weighted by Gasteiger charge is -2.41. The summed E-state index contributed by atoms with van der Waals surface area (Å²) < 4.78 is 5.22. The molecule has 0 heterocycles. The lowest BCUT2D eigenvalue weighted by molar-refractivity contribution is -0.119. The molecule has 1 fully saturated rings. The van der Waals surface area contributed by atoms with Crippen molar-refractivity contribution in [1.82, 2.24) is 5.32 Å². The van der Waals surface area contributed by atoms with Crippen LogP contribution >= 0.6 is 11.8 Å². The Labute approximate surface area is 103 Å². The number of carbonyl (C=O) groups excluding carboxylic acids is 1. The second-order valence-electron chi connectivity index (χ2n) is 4.62. The van der Waals surface area contributed by atoms with Gasteiger partial charge < -0.3 is 10.1 Å². The van der Waals surface area contributed by atoms with Crippen molar-refractivity contribution in [2.24, 2.45) is 5.41 Å². The van der Waals surface area contributed by atoms with Crippen LogP contribution in [-0.4, -0.2) is 37.7 Å². The summed E-state index contributed by atoms with van der Waals surface area (Å²) in [5.41, 5.74) is 0.236. The van der Waals surface area contributed by atoms with Crippen LogP contribution in [0.5, 0.6) is 0 Å². The van der Waals surface area contributed by atoms with Gasteiger partial charge in [0, 0.05) is 19.1 Å². The number of rotatable bonds is 8. The number of nitrogens with one attached hydrogen (secondary N) is 1. The van der Waals surface area contributed by atoms with Crippen molar-refractivity contribution >= 4 is 17.7 Å². The Morgan fingerprint density at radius 1 is 1.50 bits per heavy atom. The first-order chi connectivity index (χ1) is 7.72. The van der Waals surface area contributed by atoms with Crippen LogP contribution in [-0.2, 0) is 9.53 Å². The fourth-order valence-corrected chi connectivity index (χ4v) is 2.72. The van der Waals surface area contributed by atoms with Gasteiger partial charge in [0.15, 0.2) is 0 Å². The Morgan fingerprint density at radius 2 is 2.25 bits per heavy atom. The summed E-state index contributed by atoms with van der Waals surface area (Å²) in [5.74, 6) is 1.83. The topological polar surface area (TPSA) is 38.3 Å². The largest absolute Gasteiger partial charge is 0.384 e. The van der Waals surface area contributed by atoms with Crippen LogP contribution in [0.25, 0.3) is 0 Å². The Hall–Kier alpha value is -0.220. The highest BCUT2D eigenvalue weighted by molar-refractivity contribution is 7.99. The maximum Gasteiger partial charge on any atom is 0.230 e. The summed E-state index contributed by atoms with van der Waals surface area (Å²) in [6, 6.07) is 0. The smallest absolute Gasteiger partial charge is 0.230 e. The minimum atomic E-state index is 0.167. The zero-order chi connectivity index (χ0) is 11.9. The number of thioether (sulfide) groups is 1. The van der Waals surface area contributed by atoms with Crippen molar-refractivity contribution in [3.05, 3.63) is 0 Å². The van der Waals surface area contributed by atoms with Gasteiger partial charge in [-0.05, 0) is 25.0 Å². The summed E-state index contributed by atoms with van der Waals surface area (Å²) in [4.78, 5) is 11.5. The molecule has 4 heteroatoms. The molecule has 1 N–H and O–H groups in total. The monoisotopic (exact) mass is 245 g/mol. The first kappa shape index (κ1) is 13.8. The maximum atomic E-state index is 11.5. The molecule has 1 rings (SSSR count). The van der Waals surface area contributed by atoms with Crippen molar-refractivity contribution in [2.45, 2.75) is 32.6 Å². The van der Waals surface area contributed by atoms with Gasteiger partial charge in [-0.1, -0.05) is 13.3 Å². The van der Waals surface area contributed by atoms with Gasteiger partial charge >= 0.3 is 0 Å². The van der Waals surface area contributed by atoms with Gasteiger partial charge in [-0.2, -0.15) is 11.8 Å². The third kappa shape index (κ3) is 4.34. The van der Waals surface area contributed by atoms with Crippen molar-refractivity contribution in [1.29, 1.82) is 0 Å². The predicted octanol–water partition coefficient (Wildman–Crippen LogP) is 2.06. The highest BCUT2D eigenvalue weighted by atomic mass is 32.2. The molecule has 0 aromatic rings. The molecule has 0 aromatic heterocycles. The molecule has 1 aliphatic rings. The number of hydrogen-bond acceptors (Lipinski definition) is 3. The second kappa shape index (κ2) is 7.17. The van der Waals surface area contributed by atoms with Crippen LogP contribution < -0.4 is 5.32 Å². The molecule has 0 aliphatic heterocycles. The fourth-order valence-electron chi connectivity index (χ4n) is 2.00. The molecule has 0 bridgehead atoms. The number of amides is 1. The maximum absolute atomic E-state index is 11.5. The first-order valence-electron chi connectivity index (χ1n) is 6.06. The van der Waals surface area contributed by atoms with Gasteiger partial charge in [0.1, 0.15) is 0 Å². The summed E-state index contributed by atoms with van der Waals surface area (Å²) in [6.07, 6.45) is 4.77. The normalized spacial score (nSPS) is 17.9. The van der Waals surface area contributed by atoms with E-state index >= 15 is 0 Å². The number of carbonyl (C=O) groups is 1. The molecule has 1 saturated carbocycles. The number of hydrogen-bond donors (Lipinski definition) is 1. The van der Waals surface area contributed by atoms with Crippen LogP contribution in [0.1, 0.15) is 32.6 Å². The Kier molecular flexibility index (Phi) is 6.21. The van der Waals surface area contributed by atoms with Crippen LogP contribution in [0, 0.1) is 5.41 Å². The van der Waals surface area contributed by atoms with Crippen LogP contribution in [0.4, 0.5) is 0 Å². The molecular formula is C12H23NO2S. The summed E-state index contributed by atoms with van der Waals surface area (Å²) in [5, 5.41) is 3.03. The van der Waals surface area contributed by atoms with Gasteiger partial charge in [-0.15, -0.1) is 0 Å². The van der Waals surface area contributed by atoms with E-state index in [1.807, 2.05) is 0 Å². The fraction of sp³-hybridized carbons (Fsp3) is 0.917. The van der Waals surface area contributed by atoms with Gasteiger partial charge in [0.2, 0.25) is 5.91 Å². The second-order valence-corrected chi connectivity index (χ2v) is 5.72. The molecule has 94 valence electrons. The molecule has 0 radical (unpaired) electrons. The molecule has 0 saturated heterocycles. The van der Waals surface area contributed by atoms with Crippen LogP contribution in [0.15, 0.2) is 0 Å². The van der Waals surface area contributed by atoms with Crippen LogP contribution in [0.3, 0.4) is 0 Å². The molecule has 0 atom stereocenters. The lowest BCUT2D eigenvalue weighted by atomic mass is 9.69. The van der Waals surface area contributed by atoms with Gasteiger partial charge in [0.05, 0.1) is 12.4 Å². The average molecular weight is 245 g/mol. The molecule has 0 spiro atoms. The standard InChI is InChI=1S/C12H23NO2S/c1-3-7-16-8-11(14)13-9-12(10-15-2)5-4-6-12/h3-10H2,1-2H3,(H,13,14). The van der Waals surface area contributed by atoms with Crippen LogP contribution in [0.2, 0.25) is 0 Å². The van der Waals surface area contributed by atoms with Crippen molar-refractivity contribution in [3.8, 4) is 0 Å². The number of ether oxygens (including phenoxy) is 1. The predicted molar refractivity (Wildman–Crippen MR) is 68.8 cm³/mol. The minimum Gasteiger partial charge on any atom is -0.384 e. The van der Waals surface area contributed by atoms with E-state index in [1.165, 1.54) is 19.3 Å². The van der Waals surface area contributed by atoms with E-state index in [0.29, 0.717) is 5.75 Å². The molecule has 0 aromatic carbocycles. The third-order valence-corrected chi connectivity index (χ3v) is 4.27. The lowest BCUT2D eigenvalue weighted by Crippen LogP contribution is -2.45. The highest BCUT2D eigenvalue weighted by Crippen LogP contribution is 2.40. The quantitative estimate of drug-likeness (QED) is 0.665. The van der Waals surface area contributed by atoms with Crippen molar-refractivity contribution in [3.63, 3.8) is 0 Å². The number of methoxy groups -OCH3 is 1. The summed E-state index contributed by atoms with van der Waals surface area (Å²) in [7, 11) is 1.74. The Morgan fingerprint density at radius 3 is 2.75 bits per heavy atom. The van der Waals surface area contributed by atoms with E-state index in [9.17, 15) is 4.79 Å². The van der Waals surface area contributed by atoms with Crippen molar-refractivity contribution < 1.29 is 9.53 Å². The SMILES string of the molecule is CCCSCC(=O)NCC1(COC)CCC1. The molecule has 1 aliphatic carbocycles. The molecular weight excluding hydrogens is 222 g/mol. The molecule has 1 amide bonds. The van der Waals surface area contributed by atoms with E-state index in [2.05, 4.69) is 12.2 Å². The van der Waals surface area contributed by atoms with Crippen molar-refractivity contribution in [2.75, 3.05) is 31.8 Å². The van der Waals surface area contributed by atoms with E-state index in [0.717, 1.165) is 25.3 Å². The van der Waals surface area contributed by atoms with E-state index in [4.69, 9.17) is 4.74 Å². The van der Waals surface area contributed by atoms with E-state index < -0.39 is 0 Å². The highest BCUT2D eigenvalue weighted by Gasteiger charge is 2.37. The Balaban J connectivity index is 2.14. The van der Waals surface area contributed by atoms with Gasteiger partial charge in [-0.25, -0.2) is 0 Å². The minimum absolute atomic E-state index is 0.167. The molecule has 0 unspecified atom stereocenters. The summed E-state index contributed by atoms with van der Waals surface area (Å²) in [6.45, 7) is 3.69. The van der Waals surface area contributed by atoms with E-state index in [1.54, 1.807) is 18.9 Å². The van der Waals surface area contributed by atoms with Gasteiger partial charge in [0.25, 0.3) is 0 Å². The Bertz CT molecular complexity index is 217. The zero-order valence-corrected chi connectivity index (χ0v) is 11.2. The zero-order valence-electron chi connectivity index (χ0n) is 10.4. The molecule has 3 nitrogen and oxygen atoms in total. The first-order valence-corrected chi connectivity index (χ1v) is 7.21. The molecule has 16 heavy (non-hydrogen) atoms. The van der Waals surface area contributed by atoms with Gasteiger partial charge in [-0.3, -0.25) is 4.79 Å². The third-order valence-electron chi connectivity index (χ3n) is 3.11. The van der Waals surface area contributed by atoms with E-state index in [-0.39, 0.29) is 11.3 Å². The average Bonchev–Trinajstić information content (AvgIpc) is 2.22.